The van der Waals surface area contributed by atoms with Gasteiger partial charge in [0.1, 0.15) is 18.5 Å². The molecular weight excluding hydrogens is 428 g/mol. The van der Waals surface area contributed by atoms with Crippen LogP contribution in [-0.2, 0) is 0 Å². The van der Waals surface area contributed by atoms with Gasteiger partial charge in [-0.3, -0.25) is 9.69 Å². The first kappa shape index (κ1) is 19.1. The third-order valence-corrected chi connectivity index (χ3v) is 5.31. The summed E-state index contributed by atoms with van der Waals surface area (Å²) < 4.78 is 6.67. The number of rotatable bonds is 4. The molecule has 0 saturated carbocycles. The lowest BCUT2D eigenvalue weighted by atomic mass is 10.0. The summed E-state index contributed by atoms with van der Waals surface area (Å²) in [7, 11) is 0. The van der Waals surface area contributed by atoms with E-state index in [1.807, 2.05) is 73.7 Å². The van der Waals surface area contributed by atoms with Crippen molar-refractivity contribution in [1.82, 2.24) is 0 Å². The molecule has 144 valence electrons. The van der Waals surface area contributed by atoms with E-state index in [2.05, 4.69) is 27.2 Å². The van der Waals surface area contributed by atoms with E-state index in [1.165, 1.54) is 0 Å². The van der Waals surface area contributed by atoms with Crippen molar-refractivity contribution in [3.8, 4) is 18.1 Å². The SMILES string of the molecule is C#CCOc1ccc(Br)cc1[C@@H]1Nc2ccccc2C(=O)N1c1ccc(C)cc1. The van der Waals surface area contributed by atoms with E-state index in [0.29, 0.717) is 11.3 Å². The predicted octanol–water partition coefficient (Wildman–Crippen LogP) is 5.54. The lowest BCUT2D eigenvalue weighted by molar-refractivity contribution is 0.0974. The van der Waals surface area contributed by atoms with Gasteiger partial charge in [0.05, 0.1) is 5.56 Å². The van der Waals surface area contributed by atoms with Gasteiger partial charge in [0.2, 0.25) is 0 Å². The Hall–Kier alpha value is -3.23. The molecule has 29 heavy (non-hydrogen) atoms. The maximum atomic E-state index is 13.5. The molecule has 0 bridgehead atoms. The molecule has 4 nitrogen and oxygen atoms in total. The molecule has 1 aliphatic heterocycles. The van der Waals surface area contributed by atoms with E-state index >= 15 is 0 Å². The fraction of sp³-hybridized carbons (Fsp3) is 0.125. The fourth-order valence-corrected chi connectivity index (χ4v) is 3.81. The largest absolute Gasteiger partial charge is 0.481 e. The molecule has 0 aromatic heterocycles. The number of halogens is 1. The molecular formula is C24H19BrN2O2. The predicted molar refractivity (Wildman–Crippen MR) is 119 cm³/mol. The second-order valence-corrected chi connectivity index (χ2v) is 7.69. The van der Waals surface area contributed by atoms with Crippen molar-refractivity contribution in [2.75, 3.05) is 16.8 Å². The van der Waals surface area contributed by atoms with Crippen LogP contribution in [0.15, 0.2) is 71.2 Å². The first-order chi connectivity index (χ1) is 14.1. The van der Waals surface area contributed by atoms with Crippen LogP contribution in [0.25, 0.3) is 0 Å². The molecule has 5 heteroatoms. The number of hydrogen-bond acceptors (Lipinski definition) is 3. The third kappa shape index (κ3) is 3.72. The zero-order chi connectivity index (χ0) is 20.4. The Kier molecular flexibility index (Phi) is 5.28. The zero-order valence-electron chi connectivity index (χ0n) is 15.9. The Balaban J connectivity index is 1.88. The number of fused-ring (bicyclic) bond motifs is 1. The number of nitrogens with one attached hydrogen (secondary N) is 1. The molecule has 1 aliphatic rings. The van der Waals surface area contributed by atoms with Gasteiger partial charge in [0.15, 0.2) is 0 Å². The van der Waals surface area contributed by atoms with Crippen molar-refractivity contribution in [2.24, 2.45) is 0 Å². The number of carbonyl (C=O) groups excluding carboxylic acids is 1. The van der Waals surface area contributed by atoms with Crippen LogP contribution < -0.4 is 15.0 Å². The standard InChI is InChI=1S/C24H19BrN2O2/c1-3-14-29-22-13-10-17(25)15-20(22)23-26-21-7-5-4-6-19(21)24(28)27(23)18-11-8-16(2)9-12-18/h1,4-13,15,23,26H,14H2,2H3/t23-/m1/s1. The monoisotopic (exact) mass is 446 g/mol. The maximum Gasteiger partial charge on any atom is 0.262 e. The van der Waals surface area contributed by atoms with Crippen LogP contribution in [0.1, 0.15) is 27.7 Å². The highest BCUT2D eigenvalue weighted by molar-refractivity contribution is 9.10. The number of para-hydroxylation sites is 1. The number of carbonyl (C=O) groups is 1. The summed E-state index contributed by atoms with van der Waals surface area (Å²) in [5, 5.41) is 3.50. The molecule has 4 rings (SSSR count). The van der Waals surface area contributed by atoms with Crippen LogP contribution in [0.5, 0.6) is 5.75 Å². The van der Waals surface area contributed by atoms with E-state index in [-0.39, 0.29) is 12.5 Å². The van der Waals surface area contributed by atoms with E-state index in [4.69, 9.17) is 11.2 Å². The molecule has 1 heterocycles. The molecule has 0 saturated heterocycles. The molecule has 0 radical (unpaired) electrons. The minimum atomic E-state index is -0.453. The molecule has 0 aliphatic carbocycles. The highest BCUT2D eigenvalue weighted by atomic mass is 79.9. The second kappa shape index (κ2) is 8.02. The number of amides is 1. The topological polar surface area (TPSA) is 41.6 Å². The Morgan fingerprint density at radius 1 is 1.14 bits per heavy atom. The van der Waals surface area contributed by atoms with Gasteiger partial charge in [-0.05, 0) is 49.4 Å². The highest BCUT2D eigenvalue weighted by Gasteiger charge is 2.35. The van der Waals surface area contributed by atoms with Crippen LogP contribution >= 0.6 is 15.9 Å². The summed E-state index contributed by atoms with van der Waals surface area (Å²) in [6.45, 7) is 2.17. The van der Waals surface area contributed by atoms with Crippen LogP contribution in [0.3, 0.4) is 0 Å². The van der Waals surface area contributed by atoms with E-state index in [0.717, 1.165) is 27.0 Å². The minimum Gasteiger partial charge on any atom is -0.481 e. The number of terminal acetylenes is 1. The number of aryl methyl sites for hydroxylation is 1. The number of anilines is 2. The first-order valence-electron chi connectivity index (χ1n) is 9.20. The second-order valence-electron chi connectivity index (χ2n) is 6.78. The lowest BCUT2D eigenvalue weighted by Crippen LogP contribution is -2.43. The van der Waals surface area contributed by atoms with Crippen molar-refractivity contribution in [1.29, 1.82) is 0 Å². The van der Waals surface area contributed by atoms with Gasteiger partial charge in [-0.2, -0.15) is 0 Å². The summed E-state index contributed by atoms with van der Waals surface area (Å²) in [6.07, 6.45) is 4.93. The molecule has 0 fully saturated rings. The third-order valence-electron chi connectivity index (χ3n) is 4.82. The summed E-state index contributed by atoms with van der Waals surface area (Å²) in [5.74, 6) is 3.06. The molecule has 1 N–H and O–H groups in total. The van der Waals surface area contributed by atoms with Gasteiger partial charge in [0.25, 0.3) is 5.91 Å². The van der Waals surface area contributed by atoms with Crippen LogP contribution in [-0.4, -0.2) is 12.5 Å². The van der Waals surface area contributed by atoms with E-state index in [9.17, 15) is 4.79 Å². The molecule has 3 aromatic carbocycles. The summed E-state index contributed by atoms with van der Waals surface area (Å²) in [6, 6.07) is 21.1. The van der Waals surface area contributed by atoms with Crippen molar-refractivity contribution < 1.29 is 9.53 Å². The Bertz CT molecular complexity index is 1100. The average Bonchev–Trinajstić information content (AvgIpc) is 2.74. The highest BCUT2D eigenvalue weighted by Crippen LogP contribution is 2.40. The van der Waals surface area contributed by atoms with Crippen LogP contribution in [0.2, 0.25) is 0 Å². The average molecular weight is 447 g/mol. The maximum absolute atomic E-state index is 13.5. The quantitative estimate of drug-likeness (QED) is 0.534. The molecule has 0 unspecified atom stereocenters. The van der Waals surface area contributed by atoms with Gasteiger partial charge in [-0.25, -0.2) is 0 Å². The van der Waals surface area contributed by atoms with Gasteiger partial charge >= 0.3 is 0 Å². The van der Waals surface area contributed by atoms with Crippen LogP contribution in [0, 0.1) is 19.3 Å². The van der Waals surface area contributed by atoms with Crippen molar-refractivity contribution in [3.05, 3.63) is 87.9 Å². The minimum absolute atomic E-state index is 0.0731. The Morgan fingerprint density at radius 3 is 2.66 bits per heavy atom. The normalized spacial score (nSPS) is 15.3. The number of ether oxygens (including phenoxy) is 1. The fourth-order valence-electron chi connectivity index (χ4n) is 3.43. The Labute approximate surface area is 178 Å². The zero-order valence-corrected chi connectivity index (χ0v) is 17.4. The van der Waals surface area contributed by atoms with Gasteiger partial charge in [0, 0.05) is 21.4 Å². The molecule has 1 amide bonds. The number of hydrogen-bond donors (Lipinski definition) is 1. The van der Waals surface area contributed by atoms with Gasteiger partial charge in [-0.15, -0.1) is 6.42 Å². The lowest BCUT2D eigenvalue weighted by Gasteiger charge is -2.38. The smallest absolute Gasteiger partial charge is 0.262 e. The van der Waals surface area contributed by atoms with E-state index in [1.54, 1.807) is 4.90 Å². The van der Waals surface area contributed by atoms with Crippen molar-refractivity contribution >= 4 is 33.2 Å². The van der Waals surface area contributed by atoms with Gasteiger partial charge < -0.3 is 10.1 Å². The van der Waals surface area contributed by atoms with Crippen molar-refractivity contribution in [2.45, 2.75) is 13.1 Å². The molecule has 3 aromatic rings. The molecule has 0 spiro atoms. The summed E-state index contributed by atoms with van der Waals surface area (Å²) >= 11 is 3.54. The number of benzene rings is 3. The summed E-state index contributed by atoms with van der Waals surface area (Å²) in [4.78, 5) is 15.3. The summed E-state index contributed by atoms with van der Waals surface area (Å²) in [5.41, 5.74) is 4.16. The molecule has 1 atom stereocenters. The van der Waals surface area contributed by atoms with Gasteiger partial charge in [-0.1, -0.05) is 51.7 Å². The first-order valence-corrected chi connectivity index (χ1v) is 9.99. The number of nitrogens with zero attached hydrogens (tertiary/aromatic N) is 1. The van der Waals surface area contributed by atoms with E-state index < -0.39 is 6.17 Å². The van der Waals surface area contributed by atoms with Crippen LogP contribution in [0.4, 0.5) is 11.4 Å². The Morgan fingerprint density at radius 2 is 1.90 bits per heavy atom. The van der Waals surface area contributed by atoms with Crippen molar-refractivity contribution in [3.63, 3.8) is 0 Å².